The van der Waals surface area contributed by atoms with E-state index in [9.17, 15) is 18.0 Å². The normalized spacial score (nSPS) is 18.0. The van der Waals surface area contributed by atoms with Crippen LogP contribution in [0.2, 0.25) is 0 Å². The van der Waals surface area contributed by atoms with Gasteiger partial charge in [-0.25, -0.2) is 8.42 Å². The molecule has 1 spiro atoms. The summed E-state index contributed by atoms with van der Waals surface area (Å²) in [6, 6.07) is 19.2. The predicted octanol–water partition coefficient (Wildman–Crippen LogP) is 5.44. The summed E-state index contributed by atoms with van der Waals surface area (Å²) in [5, 5.41) is 3.03. The first kappa shape index (κ1) is 30.6. The fourth-order valence-electron chi connectivity index (χ4n) is 6.48. The van der Waals surface area contributed by atoms with Crippen LogP contribution in [0.5, 0.6) is 5.75 Å². The third-order valence-corrected chi connectivity index (χ3v) is 11.0. The molecule has 43 heavy (non-hydrogen) atoms. The number of sulfonamides is 1. The summed E-state index contributed by atoms with van der Waals surface area (Å²) in [7, 11) is -2.40. The second kappa shape index (κ2) is 11.3. The van der Waals surface area contributed by atoms with Crippen LogP contribution in [0.4, 0.5) is 5.69 Å². The zero-order valence-corrected chi connectivity index (χ0v) is 26.6. The van der Waals surface area contributed by atoms with E-state index in [1.807, 2.05) is 69.9 Å². The molecule has 228 valence electrons. The molecular weight excluding hydrogens is 562 g/mol. The van der Waals surface area contributed by atoms with E-state index in [0.29, 0.717) is 49.5 Å². The van der Waals surface area contributed by atoms with Crippen LogP contribution in [0.25, 0.3) is 0 Å². The highest BCUT2D eigenvalue weighted by Gasteiger charge is 2.54. The molecule has 8 nitrogen and oxygen atoms in total. The molecule has 2 amide bonds. The molecule has 0 radical (unpaired) electrons. The summed E-state index contributed by atoms with van der Waals surface area (Å²) in [6.45, 7) is 11.1. The molecule has 3 aromatic carbocycles. The second-order valence-corrected chi connectivity index (χ2v) is 14.5. The van der Waals surface area contributed by atoms with Crippen molar-refractivity contribution in [1.29, 1.82) is 0 Å². The fourth-order valence-corrected chi connectivity index (χ4v) is 8.22. The van der Waals surface area contributed by atoms with Crippen LogP contribution in [0.1, 0.15) is 67.6 Å². The number of hydrogen-bond acceptors (Lipinski definition) is 5. The topological polar surface area (TPSA) is 96.0 Å². The number of methoxy groups -OCH3 is 1. The minimum atomic E-state index is -3.94. The minimum Gasteiger partial charge on any atom is -0.497 e. The molecule has 1 fully saturated rings. The predicted molar refractivity (Wildman–Crippen MR) is 168 cm³/mol. The lowest BCUT2D eigenvalue weighted by Gasteiger charge is -2.44. The molecule has 1 N–H and O–H groups in total. The average Bonchev–Trinajstić information content (AvgIpc) is 3.23. The SMILES string of the molecule is COc1ccc(S(=O)(=O)N2c3ccc(C(=O)NCc4ccccc4C)cc3C3(CCN(C(=O)C(C)(C)C)CC3)C2C)cc1. The van der Waals surface area contributed by atoms with Crippen LogP contribution in [0.15, 0.2) is 71.6 Å². The Labute approximate surface area is 255 Å². The Kier molecular flexibility index (Phi) is 8.07. The Balaban J connectivity index is 1.52. The summed E-state index contributed by atoms with van der Waals surface area (Å²) in [5.74, 6) is 0.438. The molecule has 1 unspecified atom stereocenters. The van der Waals surface area contributed by atoms with E-state index in [-0.39, 0.29) is 16.7 Å². The number of carbonyl (C=O) groups is 2. The Hall–Kier alpha value is -3.85. The second-order valence-electron chi connectivity index (χ2n) is 12.7. The van der Waals surface area contributed by atoms with Crippen molar-refractivity contribution >= 4 is 27.5 Å². The fraction of sp³-hybridized carbons (Fsp3) is 0.412. The number of aryl methyl sites for hydroxylation is 1. The first-order chi connectivity index (χ1) is 20.3. The lowest BCUT2D eigenvalue weighted by molar-refractivity contribution is -0.141. The average molecular weight is 604 g/mol. The number of rotatable bonds is 6. The van der Waals surface area contributed by atoms with Crippen LogP contribution in [-0.2, 0) is 26.8 Å². The highest BCUT2D eigenvalue weighted by molar-refractivity contribution is 7.92. The van der Waals surface area contributed by atoms with Crippen LogP contribution in [0, 0.1) is 12.3 Å². The van der Waals surface area contributed by atoms with Crippen molar-refractivity contribution in [2.45, 2.75) is 70.4 Å². The number of nitrogens with zero attached hydrogens (tertiary/aromatic N) is 2. The molecule has 1 saturated heterocycles. The summed E-state index contributed by atoms with van der Waals surface area (Å²) < 4.78 is 35.1. The lowest BCUT2D eigenvalue weighted by Crippen LogP contribution is -2.53. The van der Waals surface area contributed by atoms with E-state index >= 15 is 0 Å². The maximum absolute atomic E-state index is 14.2. The third-order valence-electron chi connectivity index (χ3n) is 9.09. The number of nitrogens with one attached hydrogen (secondary N) is 1. The van der Waals surface area contributed by atoms with Crippen molar-refractivity contribution in [3.63, 3.8) is 0 Å². The zero-order valence-electron chi connectivity index (χ0n) is 25.8. The van der Waals surface area contributed by atoms with E-state index in [2.05, 4.69) is 5.32 Å². The molecule has 1 atom stereocenters. The maximum Gasteiger partial charge on any atom is 0.264 e. The summed E-state index contributed by atoms with van der Waals surface area (Å²) in [4.78, 5) is 28.6. The van der Waals surface area contributed by atoms with Crippen LogP contribution >= 0.6 is 0 Å². The summed E-state index contributed by atoms with van der Waals surface area (Å²) in [5.41, 5.74) is 2.97. The van der Waals surface area contributed by atoms with E-state index in [1.54, 1.807) is 36.4 Å². The molecule has 0 aromatic heterocycles. The molecular formula is C34H41N3O5S. The van der Waals surface area contributed by atoms with Gasteiger partial charge in [0.1, 0.15) is 5.75 Å². The van der Waals surface area contributed by atoms with Gasteiger partial charge in [0.05, 0.1) is 23.7 Å². The molecule has 0 saturated carbocycles. The molecule has 5 rings (SSSR count). The number of piperidine rings is 1. The monoisotopic (exact) mass is 603 g/mol. The standard InChI is InChI=1S/C34H41N3O5S/c1-23-9-7-8-10-26(23)22-35-31(38)25-11-16-30-29(21-25)34(17-19-36(20-18-34)32(39)33(3,4)5)24(2)37(30)43(40,41)28-14-12-27(42-6)13-15-28/h7-16,21,24H,17-20,22H2,1-6H3,(H,35,38). The van der Waals surface area contributed by atoms with Gasteiger partial charge in [-0.05, 0) is 85.8 Å². The van der Waals surface area contributed by atoms with E-state index < -0.39 is 26.9 Å². The number of hydrogen-bond donors (Lipinski definition) is 1. The number of fused-ring (bicyclic) bond motifs is 2. The minimum absolute atomic E-state index is 0.0836. The van der Waals surface area contributed by atoms with Gasteiger partial charge in [0.25, 0.3) is 15.9 Å². The van der Waals surface area contributed by atoms with Gasteiger partial charge < -0.3 is 15.0 Å². The van der Waals surface area contributed by atoms with E-state index in [1.165, 1.54) is 11.4 Å². The van der Waals surface area contributed by atoms with E-state index in [4.69, 9.17) is 4.74 Å². The van der Waals surface area contributed by atoms with Crippen molar-refractivity contribution in [3.05, 3.63) is 89.0 Å². The van der Waals surface area contributed by atoms with Crippen molar-refractivity contribution in [1.82, 2.24) is 10.2 Å². The number of ether oxygens (including phenoxy) is 1. The zero-order chi connectivity index (χ0) is 31.2. The van der Waals surface area contributed by atoms with E-state index in [0.717, 1.165) is 16.7 Å². The molecule has 3 aromatic rings. The molecule has 2 heterocycles. The lowest BCUT2D eigenvalue weighted by atomic mass is 9.69. The van der Waals surface area contributed by atoms with Crippen molar-refractivity contribution in [2.24, 2.45) is 5.41 Å². The Morgan fingerprint density at radius 1 is 1.00 bits per heavy atom. The van der Waals surface area contributed by atoms with Gasteiger partial charge in [-0.15, -0.1) is 0 Å². The Morgan fingerprint density at radius 2 is 1.65 bits per heavy atom. The summed E-state index contributed by atoms with van der Waals surface area (Å²) >= 11 is 0. The number of carbonyl (C=O) groups excluding carboxylic acids is 2. The number of amides is 2. The van der Waals surface area contributed by atoms with Crippen LogP contribution in [0.3, 0.4) is 0 Å². The van der Waals surface area contributed by atoms with Crippen molar-refractivity contribution < 1.29 is 22.7 Å². The van der Waals surface area contributed by atoms with Gasteiger partial charge in [-0.1, -0.05) is 45.0 Å². The highest BCUT2D eigenvalue weighted by Crippen LogP contribution is 2.53. The van der Waals surface area contributed by atoms with Gasteiger partial charge in [0.15, 0.2) is 0 Å². The summed E-state index contributed by atoms with van der Waals surface area (Å²) in [6.07, 6.45) is 1.18. The first-order valence-corrected chi connectivity index (χ1v) is 16.2. The van der Waals surface area contributed by atoms with Gasteiger partial charge in [0.2, 0.25) is 5.91 Å². The van der Waals surface area contributed by atoms with Crippen molar-refractivity contribution in [2.75, 3.05) is 24.5 Å². The largest absolute Gasteiger partial charge is 0.497 e. The van der Waals surface area contributed by atoms with Gasteiger partial charge in [-0.3, -0.25) is 13.9 Å². The van der Waals surface area contributed by atoms with Gasteiger partial charge >= 0.3 is 0 Å². The number of likely N-dealkylation sites (tertiary alicyclic amines) is 1. The smallest absolute Gasteiger partial charge is 0.264 e. The molecule has 2 aliphatic heterocycles. The Bertz CT molecular complexity index is 1640. The molecule has 2 aliphatic rings. The van der Waals surface area contributed by atoms with Crippen molar-refractivity contribution in [3.8, 4) is 5.75 Å². The Morgan fingerprint density at radius 3 is 2.26 bits per heavy atom. The molecule has 9 heteroatoms. The van der Waals surface area contributed by atoms with Gasteiger partial charge in [0, 0.05) is 36.0 Å². The number of benzene rings is 3. The third kappa shape index (κ3) is 5.51. The van der Waals surface area contributed by atoms with Crippen LogP contribution in [-0.4, -0.2) is 51.4 Å². The molecule has 0 aliphatic carbocycles. The molecule has 0 bridgehead atoms. The first-order valence-electron chi connectivity index (χ1n) is 14.7. The quantitative estimate of drug-likeness (QED) is 0.405. The highest BCUT2D eigenvalue weighted by atomic mass is 32.2. The maximum atomic E-state index is 14.2. The number of anilines is 1. The van der Waals surface area contributed by atoms with Gasteiger partial charge in [-0.2, -0.15) is 0 Å². The van der Waals surface area contributed by atoms with Crippen LogP contribution < -0.4 is 14.4 Å².